The Bertz CT molecular complexity index is 243. The van der Waals surface area contributed by atoms with Crippen molar-refractivity contribution < 1.29 is 46.6 Å². The molecule has 0 aromatic heterocycles. The van der Waals surface area contributed by atoms with Gasteiger partial charge < -0.3 is 9.47 Å². The van der Waals surface area contributed by atoms with Crippen LogP contribution < -0.4 is 9.47 Å². The van der Waals surface area contributed by atoms with Crippen LogP contribution in [0.5, 0.6) is 11.5 Å². The number of benzene rings is 1. The molecule has 4 heteroatoms. The van der Waals surface area contributed by atoms with Crippen LogP contribution in [0.15, 0.2) is 18.2 Å². The van der Waals surface area contributed by atoms with E-state index in [0.717, 1.165) is 0 Å². The molecule has 0 saturated carbocycles. The summed E-state index contributed by atoms with van der Waals surface area (Å²) in [6.07, 6.45) is 0. The summed E-state index contributed by atoms with van der Waals surface area (Å²) in [5.41, 5.74) is 0. The van der Waals surface area contributed by atoms with Gasteiger partial charge in [0.25, 0.3) is 0 Å². The van der Waals surface area contributed by atoms with Crippen LogP contribution in [0.1, 0.15) is 0 Å². The molecule has 1 aromatic rings. The molecule has 0 heterocycles. The molecule has 0 aliphatic carbocycles. The van der Waals surface area contributed by atoms with Crippen molar-refractivity contribution in [3.8, 4) is 11.5 Å². The van der Waals surface area contributed by atoms with Crippen LogP contribution in [0.4, 0.5) is 4.39 Å². The molecule has 0 bridgehead atoms. The zero-order valence-corrected chi connectivity index (χ0v) is 10.3. The van der Waals surface area contributed by atoms with E-state index in [0.29, 0.717) is 11.5 Å². The number of ether oxygens (including phenoxy) is 2. The molecule has 0 atom stereocenters. The molecule has 0 fully saturated rings. The molecule has 1 rings (SSSR count). The van der Waals surface area contributed by atoms with Crippen molar-refractivity contribution >= 4 is 0 Å². The van der Waals surface area contributed by atoms with Gasteiger partial charge >= 0.3 is 0 Å². The van der Waals surface area contributed by atoms with E-state index in [2.05, 4.69) is 6.07 Å². The maximum absolute atomic E-state index is 11.7. The summed E-state index contributed by atoms with van der Waals surface area (Å²) in [5, 5.41) is 0. The Hall–Kier alpha value is -0.146. The zero-order valence-electron chi connectivity index (χ0n) is 7.42. The Balaban J connectivity index is 0.00000144. The van der Waals surface area contributed by atoms with Crippen LogP contribution in [0.25, 0.3) is 0 Å². The van der Waals surface area contributed by atoms with Crippen LogP contribution in [-0.2, 0) is 32.7 Å². The third kappa shape index (κ3) is 4.05. The zero-order chi connectivity index (χ0) is 8.81. The first-order valence-corrected chi connectivity index (χ1v) is 3.61. The molecular weight excluding hydrogens is 248 g/mol. The van der Waals surface area contributed by atoms with Gasteiger partial charge in [-0.3, -0.25) is 0 Å². The van der Waals surface area contributed by atoms with E-state index in [-0.39, 0.29) is 39.3 Å². The van der Waals surface area contributed by atoms with Crippen molar-refractivity contribution in [1.82, 2.24) is 0 Å². The van der Waals surface area contributed by atoms with E-state index in [4.69, 9.17) is 9.47 Å². The van der Waals surface area contributed by atoms with E-state index in [1.54, 1.807) is 18.2 Å². The van der Waals surface area contributed by atoms with Gasteiger partial charge in [-0.15, -0.1) is 12.1 Å². The van der Waals surface area contributed by atoms with Crippen molar-refractivity contribution in [3.63, 3.8) is 0 Å². The van der Waals surface area contributed by atoms with Crippen molar-refractivity contribution in [2.45, 2.75) is 0 Å². The third-order valence-corrected chi connectivity index (χ3v) is 1.34. The van der Waals surface area contributed by atoms with Gasteiger partial charge in [0.1, 0.15) is 13.3 Å². The molecule has 0 amide bonds. The van der Waals surface area contributed by atoms with Gasteiger partial charge in [0.2, 0.25) is 0 Å². The fourth-order valence-corrected chi connectivity index (χ4v) is 0.828. The second kappa shape index (κ2) is 7.28. The van der Waals surface area contributed by atoms with Gasteiger partial charge in [-0.25, -0.2) is 4.39 Å². The average molecular weight is 258 g/mol. The number of rotatable bonds is 4. The van der Waals surface area contributed by atoms with Crippen LogP contribution in [0, 0.1) is 6.07 Å². The van der Waals surface area contributed by atoms with Crippen LogP contribution in [0.3, 0.4) is 0 Å². The van der Waals surface area contributed by atoms with Gasteiger partial charge in [-0.2, -0.15) is 12.1 Å². The number of methoxy groups -OCH3 is 1. The molecule has 2 nitrogen and oxygen atoms in total. The fraction of sp³-hybridized carbons (Fsp3) is 0.333. The van der Waals surface area contributed by atoms with E-state index in [1.165, 1.54) is 7.11 Å². The standard InChI is InChI=1S/C9H10FO2.Y/c1-11-8-4-2-3-5-9(8)12-7-6-10;/h3-5H,6-7H2,1H3;/q-1;. The van der Waals surface area contributed by atoms with E-state index < -0.39 is 6.67 Å². The minimum Gasteiger partial charge on any atom is -0.551 e. The Labute approximate surface area is 102 Å². The first kappa shape index (κ1) is 12.9. The number of alkyl halides is 1. The largest absolute Gasteiger partial charge is 0.551 e. The molecule has 69 valence electrons. The molecule has 1 aromatic carbocycles. The van der Waals surface area contributed by atoms with Crippen molar-refractivity contribution in [2.75, 3.05) is 20.4 Å². The summed E-state index contributed by atoms with van der Waals surface area (Å²) in [4.78, 5) is 0. The van der Waals surface area contributed by atoms with Crippen molar-refractivity contribution in [1.29, 1.82) is 0 Å². The average Bonchev–Trinajstić information content (AvgIpc) is 2.15. The van der Waals surface area contributed by atoms with Gasteiger partial charge in [0, 0.05) is 38.5 Å². The molecule has 0 N–H and O–H groups in total. The predicted octanol–water partition coefficient (Wildman–Crippen LogP) is 1.84. The van der Waals surface area contributed by atoms with Crippen LogP contribution >= 0.6 is 0 Å². The first-order valence-electron chi connectivity index (χ1n) is 3.61. The minimum absolute atomic E-state index is 0. The summed E-state index contributed by atoms with van der Waals surface area (Å²) in [6, 6.07) is 7.86. The van der Waals surface area contributed by atoms with E-state index in [1.807, 2.05) is 0 Å². The maximum Gasteiger partial charge on any atom is 0.123 e. The Morgan fingerprint density at radius 3 is 2.85 bits per heavy atom. The Morgan fingerprint density at radius 2 is 2.23 bits per heavy atom. The smallest absolute Gasteiger partial charge is 0.123 e. The van der Waals surface area contributed by atoms with E-state index >= 15 is 0 Å². The summed E-state index contributed by atoms with van der Waals surface area (Å²) in [6.45, 7) is -0.442. The van der Waals surface area contributed by atoms with Crippen LogP contribution in [-0.4, -0.2) is 20.4 Å². The predicted molar refractivity (Wildman–Crippen MR) is 43.3 cm³/mol. The quantitative estimate of drug-likeness (QED) is 0.767. The number of halogens is 1. The van der Waals surface area contributed by atoms with Crippen molar-refractivity contribution in [2.24, 2.45) is 0 Å². The number of hydrogen-bond acceptors (Lipinski definition) is 2. The normalized spacial score (nSPS) is 8.77. The molecule has 0 aliphatic rings. The number of hydrogen-bond donors (Lipinski definition) is 0. The molecule has 0 spiro atoms. The van der Waals surface area contributed by atoms with E-state index in [9.17, 15) is 4.39 Å². The molecular formula is C9H10FO2Y-. The van der Waals surface area contributed by atoms with Gasteiger partial charge in [-0.05, 0) is 0 Å². The molecule has 0 saturated heterocycles. The topological polar surface area (TPSA) is 18.5 Å². The molecule has 0 unspecified atom stereocenters. The minimum atomic E-state index is -0.498. The third-order valence-electron chi connectivity index (χ3n) is 1.34. The molecule has 0 aliphatic heterocycles. The van der Waals surface area contributed by atoms with Gasteiger partial charge in [-0.1, -0.05) is 0 Å². The Morgan fingerprint density at radius 1 is 1.46 bits per heavy atom. The van der Waals surface area contributed by atoms with Crippen LogP contribution in [0.2, 0.25) is 0 Å². The summed E-state index contributed by atoms with van der Waals surface area (Å²) < 4.78 is 21.8. The monoisotopic (exact) mass is 258 g/mol. The summed E-state index contributed by atoms with van der Waals surface area (Å²) in [7, 11) is 1.53. The first-order chi connectivity index (χ1) is 5.88. The summed E-state index contributed by atoms with van der Waals surface area (Å²) in [5.74, 6) is 1.12. The second-order valence-corrected chi connectivity index (χ2v) is 2.11. The summed E-state index contributed by atoms with van der Waals surface area (Å²) >= 11 is 0. The fourth-order valence-electron chi connectivity index (χ4n) is 0.828. The molecule has 1 radical (unpaired) electrons. The maximum atomic E-state index is 11.7. The Kier molecular flexibility index (Phi) is 7.19. The molecule has 13 heavy (non-hydrogen) atoms. The SMILES string of the molecule is COc1c[c-]ccc1OCCF.[Y]. The second-order valence-electron chi connectivity index (χ2n) is 2.11. The van der Waals surface area contributed by atoms with Gasteiger partial charge in [0.15, 0.2) is 0 Å². The van der Waals surface area contributed by atoms with Crippen molar-refractivity contribution in [3.05, 3.63) is 24.3 Å². The van der Waals surface area contributed by atoms with Gasteiger partial charge in [0.05, 0.1) is 12.9 Å².